The first-order valence-electron chi connectivity index (χ1n) is 6.81. The Hall–Kier alpha value is -0.460. The van der Waals surface area contributed by atoms with Crippen LogP contribution >= 0.6 is 38.9 Å². The van der Waals surface area contributed by atoms with E-state index in [9.17, 15) is 4.39 Å². The van der Waals surface area contributed by atoms with Crippen LogP contribution in [-0.4, -0.2) is 31.1 Å². The number of hydrogen-bond acceptors (Lipinski definition) is 3. The maximum atomic E-state index is 14.4. The predicted molar refractivity (Wildman–Crippen MR) is 89.7 cm³/mol. The summed E-state index contributed by atoms with van der Waals surface area (Å²) in [4.78, 5) is 3.38. The second-order valence-electron chi connectivity index (χ2n) is 4.97. The molecule has 0 saturated carbocycles. The third kappa shape index (κ3) is 3.32. The van der Waals surface area contributed by atoms with Gasteiger partial charge in [0.2, 0.25) is 0 Å². The molecule has 2 nitrogen and oxygen atoms in total. The van der Waals surface area contributed by atoms with E-state index in [2.05, 4.69) is 26.1 Å². The zero-order chi connectivity index (χ0) is 14.8. The van der Waals surface area contributed by atoms with Gasteiger partial charge in [0.15, 0.2) is 0 Å². The number of nitrogens with one attached hydrogen (secondary N) is 1. The quantitative estimate of drug-likeness (QED) is 0.842. The minimum Gasteiger partial charge on any atom is -0.314 e. The Labute approximate surface area is 141 Å². The van der Waals surface area contributed by atoms with Gasteiger partial charge in [-0.15, -0.1) is 11.3 Å². The smallest absolute Gasteiger partial charge is 0.129 e. The van der Waals surface area contributed by atoms with E-state index >= 15 is 0 Å². The molecular formula is C15H15BrClFN2S. The number of nitrogens with zero attached hydrogens (tertiary/aromatic N) is 1. The highest BCUT2D eigenvalue weighted by molar-refractivity contribution is 9.10. The summed E-state index contributed by atoms with van der Waals surface area (Å²) >= 11 is 11.1. The summed E-state index contributed by atoms with van der Waals surface area (Å²) in [6, 6.07) is 8.91. The van der Waals surface area contributed by atoms with E-state index in [1.807, 2.05) is 18.2 Å². The Bertz CT molecular complexity index is 608. The van der Waals surface area contributed by atoms with E-state index in [-0.39, 0.29) is 11.9 Å². The number of thiophene rings is 1. The molecule has 112 valence electrons. The largest absolute Gasteiger partial charge is 0.314 e. The third-order valence-electron chi connectivity index (χ3n) is 3.65. The van der Waals surface area contributed by atoms with Gasteiger partial charge in [-0.1, -0.05) is 33.6 Å². The van der Waals surface area contributed by atoms with Gasteiger partial charge in [0.25, 0.3) is 0 Å². The van der Waals surface area contributed by atoms with Gasteiger partial charge in [0, 0.05) is 41.1 Å². The molecule has 0 amide bonds. The minimum absolute atomic E-state index is 0.0971. The molecule has 0 spiro atoms. The molecule has 1 saturated heterocycles. The first kappa shape index (κ1) is 15.4. The zero-order valence-corrected chi connectivity index (χ0v) is 14.4. The molecule has 2 heterocycles. The fraction of sp³-hybridized carbons (Fsp3) is 0.333. The van der Waals surface area contributed by atoms with Crippen LogP contribution in [0.5, 0.6) is 0 Å². The molecule has 0 unspecified atom stereocenters. The summed E-state index contributed by atoms with van der Waals surface area (Å²) in [6.45, 7) is 3.62. The lowest BCUT2D eigenvalue weighted by Crippen LogP contribution is -2.45. The van der Waals surface area contributed by atoms with Crippen molar-refractivity contribution < 1.29 is 4.39 Å². The van der Waals surface area contributed by atoms with Crippen molar-refractivity contribution in [3.63, 3.8) is 0 Å². The van der Waals surface area contributed by atoms with Crippen molar-refractivity contribution in [2.45, 2.75) is 6.04 Å². The standard InChI is InChI=1S/C15H15BrClFN2S/c16-10-2-1-3-11(18)14(10)15(12-4-5-13(17)21-12)20-8-6-19-7-9-20/h1-5,15,19H,6-9H2/t15-/m0/s1. The first-order valence-corrected chi connectivity index (χ1v) is 8.79. The van der Waals surface area contributed by atoms with Crippen LogP contribution in [0.4, 0.5) is 4.39 Å². The average molecular weight is 390 g/mol. The highest BCUT2D eigenvalue weighted by Crippen LogP contribution is 2.39. The van der Waals surface area contributed by atoms with Gasteiger partial charge in [-0.05, 0) is 24.3 Å². The Morgan fingerprint density at radius 1 is 1.24 bits per heavy atom. The summed E-state index contributed by atoms with van der Waals surface area (Å²) in [5.74, 6) is -0.183. The predicted octanol–water partition coefficient (Wildman–Crippen LogP) is 4.30. The van der Waals surface area contributed by atoms with E-state index < -0.39 is 0 Å². The molecule has 1 atom stereocenters. The Morgan fingerprint density at radius 3 is 2.62 bits per heavy atom. The molecular weight excluding hydrogens is 375 g/mol. The Balaban J connectivity index is 2.07. The van der Waals surface area contributed by atoms with Crippen LogP contribution in [0.25, 0.3) is 0 Å². The average Bonchev–Trinajstić information content (AvgIpc) is 2.90. The minimum atomic E-state index is -0.183. The van der Waals surface area contributed by atoms with Crippen LogP contribution < -0.4 is 5.32 Å². The summed E-state index contributed by atoms with van der Waals surface area (Å²) < 4.78 is 16.0. The van der Waals surface area contributed by atoms with E-state index in [0.29, 0.717) is 5.56 Å². The van der Waals surface area contributed by atoms with Crippen molar-refractivity contribution in [2.24, 2.45) is 0 Å². The van der Waals surface area contributed by atoms with E-state index in [1.54, 1.807) is 6.07 Å². The van der Waals surface area contributed by atoms with E-state index in [1.165, 1.54) is 17.4 Å². The van der Waals surface area contributed by atoms with Gasteiger partial charge in [-0.3, -0.25) is 4.90 Å². The van der Waals surface area contributed by atoms with Crippen molar-refractivity contribution in [3.05, 3.63) is 55.4 Å². The highest BCUT2D eigenvalue weighted by atomic mass is 79.9. The molecule has 1 aliphatic rings. The molecule has 21 heavy (non-hydrogen) atoms. The van der Waals surface area contributed by atoms with Crippen LogP contribution in [0, 0.1) is 5.82 Å². The molecule has 2 aromatic rings. The van der Waals surface area contributed by atoms with Crippen LogP contribution in [0.15, 0.2) is 34.8 Å². The molecule has 0 bridgehead atoms. The van der Waals surface area contributed by atoms with Gasteiger partial charge >= 0.3 is 0 Å². The van der Waals surface area contributed by atoms with Crippen molar-refractivity contribution in [1.82, 2.24) is 10.2 Å². The van der Waals surface area contributed by atoms with Crippen LogP contribution in [0.3, 0.4) is 0 Å². The lowest BCUT2D eigenvalue weighted by atomic mass is 10.0. The second kappa shape index (κ2) is 6.75. The fourth-order valence-corrected chi connectivity index (χ4v) is 4.46. The second-order valence-corrected chi connectivity index (χ2v) is 7.57. The first-order chi connectivity index (χ1) is 10.2. The van der Waals surface area contributed by atoms with Gasteiger partial charge in [-0.25, -0.2) is 4.39 Å². The van der Waals surface area contributed by atoms with Crippen molar-refractivity contribution in [1.29, 1.82) is 0 Å². The summed E-state index contributed by atoms with van der Waals surface area (Å²) in [7, 11) is 0. The topological polar surface area (TPSA) is 15.3 Å². The van der Waals surface area contributed by atoms with Gasteiger partial charge in [-0.2, -0.15) is 0 Å². The zero-order valence-electron chi connectivity index (χ0n) is 11.3. The maximum absolute atomic E-state index is 14.4. The highest BCUT2D eigenvalue weighted by Gasteiger charge is 2.29. The molecule has 3 rings (SSSR count). The Kier molecular flexibility index (Phi) is 4.96. The number of rotatable bonds is 3. The summed E-state index contributed by atoms with van der Waals surface area (Å²) in [6.07, 6.45) is 0. The van der Waals surface area contributed by atoms with Crippen molar-refractivity contribution >= 4 is 38.9 Å². The van der Waals surface area contributed by atoms with E-state index in [0.717, 1.165) is 39.9 Å². The molecule has 1 fully saturated rings. The van der Waals surface area contributed by atoms with Gasteiger partial charge in [0.05, 0.1) is 10.4 Å². The van der Waals surface area contributed by atoms with E-state index in [4.69, 9.17) is 11.6 Å². The summed E-state index contributed by atoms with van der Waals surface area (Å²) in [5, 5.41) is 3.34. The molecule has 0 radical (unpaired) electrons. The monoisotopic (exact) mass is 388 g/mol. The lowest BCUT2D eigenvalue weighted by molar-refractivity contribution is 0.197. The normalized spacial score (nSPS) is 17.9. The van der Waals surface area contributed by atoms with Crippen molar-refractivity contribution in [3.8, 4) is 0 Å². The molecule has 1 N–H and O–H groups in total. The SMILES string of the molecule is Fc1cccc(Br)c1[C@H](c1ccc(Cl)s1)N1CCNCC1. The molecule has 1 aromatic heterocycles. The molecule has 1 aromatic carbocycles. The van der Waals surface area contributed by atoms with Crippen LogP contribution in [-0.2, 0) is 0 Å². The molecule has 1 aliphatic heterocycles. The van der Waals surface area contributed by atoms with Crippen LogP contribution in [0.2, 0.25) is 4.34 Å². The Morgan fingerprint density at radius 2 is 2.00 bits per heavy atom. The lowest BCUT2D eigenvalue weighted by Gasteiger charge is -2.35. The summed E-state index contributed by atoms with van der Waals surface area (Å²) in [5.41, 5.74) is 0.693. The molecule has 6 heteroatoms. The number of halogens is 3. The number of benzene rings is 1. The fourth-order valence-electron chi connectivity index (χ4n) is 2.69. The number of piperazine rings is 1. The maximum Gasteiger partial charge on any atom is 0.129 e. The van der Waals surface area contributed by atoms with Crippen molar-refractivity contribution in [2.75, 3.05) is 26.2 Å². The number of hydrogen-bond donors (Lipinski definition) is 1. The third-order valence-corrected chi connectivity index (χ3v) is 5.63. The molecule has 0 aliphatic carbocycles. The van der Waals surface area contributed by atoms with Crippen LogP contribution in [0.1, 0.15) is 16.5 Å². The van der Waals surface area contributed by atoms with Gasteiger partial charge < -0.3 is 5.32 Å². The van der Waals surface area contributed by atoms with Gasteiger partial charge in [0.1, 0.15) is 5.82 Å².